The van der Waals surface area contributed by atoms with Crippen molar-refractivity contribution in [1.82, 2.24) is 0 Å². The van der Waals surface area contributed by atoms with Gasteiger partial charge in [0.15, 0.2) is 0 Å². The fraction of sp³-hybridized carbons (Fsp3) is 0. The number of hydrogen-bond donors (Lipinski definition) is 0. The molecule has 0 unspecified atom stereocenters. The summed E-state index contributed by atoms with van der Waals surface area (Å²) in [6, 6.07) is 20.1. The quantitative estimate of drug-likeness (QED) is 0.236. The molecule has 0 fully saturated rings. The maximum atomic E-state index is 12.4. The van der Waals surface area contributed by atoms with E-state index in [1.807, 2.05) is 0 Å². The van der Waals surface area contributed by atoms with Gasteiger partial charge in [-0.1, -0.05) is 47.5 Å². The minimum atomic E-state index is -0.593. The highest BCUT2D eigenvalue weighted by molar-refractivity contribution is 6.33. The lowest BCUT2D eigenvalue weighted by atomic mass is 10.1. The molecule has 3 aromatic carbocycles. The van der Waals surface area contributed by atoms with Crippen LogP contribution in [0.3, 0.4) is 0 Å². The Bertz CT molecular complexity index is 1240. The van der Waals surface area contributed by atoms with Gasteiger partial charge in [-0.3, -0.25) is 0 Å². The van der Waals surface area contributed by atoms with Crippen LogP contribution in [0.25, 0.3) is 22.1 Å². The lowest BCUT2D eigenvalue weighted by Gasteiger charge is -2.07. The van der Waals surface area contributed by atoms with Gasteiger partial charge in [0.2, 0.25) is 0 Å². The predicted molar refractivity (Wildman–Crippen MR) is 109 cm³/mol. The van der Waals surface area contributed by atoms with Gasteiger partial charge in [-0.05, 0) is 48.0 Å². The van der Waals surface area contributed by atoms with Crippen LogP contribution in [0, 0.1) is 0 Å². The average Bonchev–Trinajstić information content (AvgIpc) is 2.68. The minimum absolute atomic E-state index is 0.250. The van der Waals surface area contributed by atoms with Crippen LogP contribution in [0.15, 0.2) is 82.0 Å². The molecule has 28 heavy (non-hydrogen) atoms. The third-order valence-corrected chi connectivity index (χ3v) is 4.75. The van der Waals surface area contributed by atoms with Crippen LogP contribution in [0.2, 0.25) is 10.0 Å². The van der Waals surface area contributed by atoms with Crippen molar-refractivity contribution in [3.05, 3.63) is 98.8 Å². The average molecular weight is 411 g/mol. The second-order valence-electron chi connectivity index (χ2n) is 6.02. The predicted octanol–water partition coefficient (Wildman–Crippen LogP) is 5.99. The molecule has 0 spiro atoms. The Kier molecular flexibility index (Phi) is 4.90. The first-order chi connectivity index (χ1) is 13.5. The van der Waals surface area contributed by atoms with Crippen LogP contribution in [0.5, 0.6) is 5.75 Å². The molecule has 0 amide bonds. The topological polar surface area (TPSA) is 56.5 Å². The zero-order valence-corrected chi connectivity index (χ0v) is 15.8. The molecule has 0 saturated heterocycles. The van der Waals surface area contributed by atoms with Crippen molar-refractivity contribution < 1.29 is 13.9 Å². The number of hydrogen-bond acceptors (Lipinski definition) is 4. The highest BCUT2D eigenvalue weighted by atomic mass is 35.5. The minimum Gasteiger partial charge on any atom is -0.423 e. The van der Waals surface area contributed by atoms with Crippen molar-refractivity contribution >= 4 is 40.1 Å². The van der Waals surface area contributed by atoms with Gasteiger partial charge in [0, 0.05) is 16.5 Å². The monoisotopic (exact) mass is 410 g/mol. The molecule has 0 radical (unpaired) electrons. The Morgan fingerprint density at radius 2 is 1.64 bits per heavy atom. The molecule has 0 bridgehead atoms. The Labute approximate surface area is 169 Å². The Morgan fingerprint density at radius 1 is 0.893 bits per heavy atom. The Hall–Kier alpha value is -3.08. The number of carbonyl (C=O) groups excluding carboxylic acids is 1. The van der Waals surface area contributed by atoms with Crippen molar-refractivity contribution in [3.8, 4) is 16.9 Å². The van der Waals surface area contributed by atoms with Crippen LogP contribution in [0.4, 0.5) is 0 Å². The molecule has 1 aromatic heterocycles. The van der Waals surface area contributed by atoms with Crippen molar-refractivity contribution in [2.24, 2.45) is 0 Å². The number of carbonyl (C=O) groups is 1. The zero-order chi connectivity index (χ0) is 19.7. The second-order valence-corrected chi connectivity index (χ2v) is 6.87. The van der Waals surface area contributed by atoms with E-state index in [0.717, 1.165) is 0 Å². The number of fused-ring (bicyclic) bond motifs is 1. The largest absolute Gasteiger partial charge is 0.423 e. The highest BCUT2D eigenvalue weighted by Gasteiger charge is 2.14. The third-order valence-electron chi connectivity index (χ3n) is 4.17. The summed E-state index contributed by atoms with van der Waals surface area (Å²) in [7, 11) is 0. The maximum Gasteiger partial charge on any atom is 0.345 e. The fourth-order valence-electron chi connectivity index (χ4n) is 2.77. The summed E-state index contributed by atoms with van der Waals surface area (Å²) < 4.78 is 10.8. The van der Waals surface area contributed by atoms with Crippen LogP contribution >= 0.6 is 23.2 Å². The van der Waals surface area contributed by atoms with Crippen molar-refractivity contribution in [2.75, 3.05) is 0 Å². The van der Waals surface area contributed by atoms with E-state index in [4.69, 9.17) is 32.4 Å². The zero-order valence-electron chi connectivity index (χ0n) is 14.3. The van der Waals surface area contributed by atoms with Crippen LogP contribution in [0.1, 0.15) is 10.4 Å². The van der Waals surface area contributed by atoms with E-state index in [1.54, 1.807) is 66.7 Å². The van der Waals surface area contributed by atoms with Gasteiger partial charge in [0.25, 0.3) is 0 Å². The first-order valence-corrected chi connectivity index (χ1v) is 9.07. The van der Waals surface area contributed by atoms with Gasteiger partial charge >= 0.3 is 11.6 Å². The van der Waals surface area contributed by atoms with Gasteiger partial charge < -0.3 is 9.15 Å². The van der Waals surface area contributed by atoms with E-state index in [0.29, 0.717) is 32.1 Å². The molecule has 0 aliphatic heterocycles. The normalized spacial score (nSPS) is 10.8. The van der Waals surface area contributed by atoms with Gasteiger partial charge in [0.05, 0.1) is 16.1 Å². The lowest BCUT2D eigenvalue weighted by Crippen LogP contribution is -2.09. The molecular weight excluding hydrogens is 399 g/mol. The smallest absolute Gasteiger partial charge is 0.345 e. The van der Waals surface area contributed by atoms with E-state index >= 15 is 0 Å². The van der Waals surface area contributed by atoms with Crippen LogP contribution < -0.4 is 10.4 Å². The second kappa shape index (κ2) is 7.50. The SMILES string of the molecule is O=C(Oc1ccc2cc(-c3ccc(Cl)cc3)c(=O)oc2c1)c1ccccc1Cl. The van der Waals surface area contributed by atoms with E-state index in [2.05, 4.69) is 0 Å². The molecular formula is C22H12Cl2O4. The summed E-state index contributed by atoms with van der Waals surface area (Å²) in [6.45, 7) is 0. The van der Waals surface area contributed by atoms with E-state index in [9.17, 15) is 9.59 Å². The Balaban J connectivity index is 1.67. The highest BCUT2D eigenvalue weighted by Crippen LogP contribution is 2.26. The van der Waals surface area contributed by atoms with E-state index in [-0.39, 0.29) is 11.3 Å². The summed E-state index contributed by atoms with van der Waals surface area (Å²) in [4.78, 5) is 24.7. The summed E-state index contributed by atoms with van der Waals surface area (Å²) in [5.41, 5.74) is 1.19. The summed E-state index contributed by atoms with van der Waals surface area (Å²) in [6.07, 6.45) is 0. The summed E-state index contributed by atoms with van der Waals surface area (Å²) in [5.74, 6) is -0.343. The molecule has 6 heteroatoms. The molecule has 0 atom stereocenters. The number of esters is 1. The van der Waals surface area contributed by atoms with E-state index < -0.39 is 11.6 Å². The number of halogens is 2. The Morgan fingerprint density at radius 3 is 2.39 bits per heavy atom. The molecule has 0 saturated carbocycles. The van der Waals surface area contributed by atoms with Crippen molar-refractivity contribution in [2.45, 2.75) is 0 Å². The molecule has 0 aliphatic carbocycles. The molecule has 4 aromatic rings. The van der Waals surface area contributed by atoms with Crippen LogP contribution in [-0.2, 0) is 0 Å². The van der Waals surface area contributed by atoms with Crippen LogP contribution in [-0.4, -0.2) is 5.97 Å². The summed E-state index contributed by atoms with van der Waals surface area (Å²) in [5, 5.41) is 1.58. The number of rotatable bonds is 3. The first-order valence-electron chi connectivity index (χ1n) is 8.32. The molecule has 138 valence electrons. The lowest BCUT2D eigenvalue weighted by molar-refractivity contribution is 0.0735. The number of ether oxygens (including phenoxy) is 1. The molecule has 0 N–H and O–H groups in total. The molecule has 1 heterocycles. The number of benzene rings is 3. The van der Waals surface area contributed by atoms with Gasteiger partial charge in [-0.2, -0.15) is 0 Å². The van der Waals surface area contributed by atoms with E-state index in [1.165, 1.54) is 6.07 Å². The molecule has 4 rings (SSSR count). The standard InChI is InChI=1S/C22H12Cl2O4/c23-15-8-5-13(6-9-15)18-11-14-7-10-16(12-20(14)28-22(18)26)27-21(25)17-3-1-2-4-19(17)24/h1-12H. The molecule has 4 nitrogen and oxygen atoms in total. The maximum absolute atomic E-state index is 12.4. The first kappa shape index (κ1) is 18.3. The summed E-state index contributed by atoms with van der Waals surface area (Å²) >= 11 is 11.9. The van der Waals surface area contributed by atoms with Gasteiger partial charge in [-0.25, -0.2) is 9.59 Å². The molecule has 0 aliphatic rings. The van der Waals surface area contributed by atoms with Gasteiger partial charge in [0.1, 0.15) is 11.3 Å². The van der Waals surface area contributed by atoms with Gasteiger partial charge in [-0.15, -0.1) is 0 Å². The van der Waals surface area contributed by atoms with Crippen molar-refractivity contribution in [1.29, 1.82) is 0 Å². The fourth-order valence-corrected chi connectivity index (χ4v) is 3.11. The third kappa shape index (κ3) is 3.65. The van der Waals surface area contributed by atoms with Crippen molar-refractivity contribution in [3.63, 3.8) is 0 Å².